The average molecular weight is 634 g/mol. The first-order valence-corrected chi connectivity index (χ1v) is 15.7. The second kappa shape index (κ2) is 19.8. The van der Waals surface area contributed by atoms with E-state index >= 15 is 0 Å². The zero-order valence-corrected chi connectivity index (χ0v) is 26.6. The van der Waals surface area contributed by atoms with E-state index in [0.29, 0.717) is 12.2 Å². The first kappa shape index (κ1) is 34.0. The molecule has 7 heteroatoms. The van der Waals surface area contributed by atoms with Gasteiger partial charge in [-0.25, -0.2) is 4.39 Å². The molecule has 0 atom stereocenters. The number of unbranched alkanes of at least 4 members (excludes halogenated alkanes) is 11. The summed E-state index contributed by atoms with van der Waals surface area (Å²) in [6, 6.07) is 12.6. The van der Waals surface area contributed by atoms with Crippen LogP contribution in [0.2, 0.25) is 0 Å². The standard InChI is InChI=1S/C33H45FN2O2S.BrH/c1-3-4-5-6-7-8-9-10-11-12-13-14-20-38-32-19-18-28(22-31(32)34)23-33(37)35-30-17-15-16-29(21-30)25-36-24-27(2)39-26-36;/h15-19,21-22,24,26H,3-14,20,23,25H2,1-2H3;1H. The predicted molar refractivity (Wildman–Crippen MR) is 160 cm³/mol. The Balaban J connectivity index is 0.00000560. The molecule has 0 saturated heterocycles. The lowest BCUT2D eigenvalue weighted by atomic mass is 10.1. The average Bonchev–Trinajstić information content (AvgIpc) is 3.32. The Morgan fingerprint density at radius 2 is 1.57 bits per heavy atom. The minimum atomic E-state index is -0.413. The van der Waals surface area contributed by atoms with E-state index in [-0.39, 0.29) is 35.1 Å². The van der Waals surface area contributed by atoms with Crippen molar-refractivity contribution in [1.82, 2.24) is 0 Å². The number of nitrogens with one attached hydrogen (secondary N) is 1. The summed E-state index contributed by atoms with van der Waals surface area (Å²) in [7, 11) is 0. The Labute approximate surface area is 255 Å². The quantitative estimate of drug-likeness (QED) is 0.134. The van der Waals surface area contributed by atoms with Crippen LogP contribution in [0.3, 0.4) is 0 Å². The van der Waals surface area contributed by atoms with Gasteiger partial charge in [0.05, 0.1) is 17.9 Å². The molecule has 0 saturated carbocycles. The molecule has 0 bridgehead atoms. The van der Waals surface area contributed by atoms with Gasteiger partial charge in [-0.05, 0) is 43.2 Å². The van der Waals surface area contributed by atoms with E-state index in [9.17, 15) is 9.18 Å². The fraction of sp³-hybridized carbons (Fsp3) is 0.515. The van der Waals surface area contributed by atoms with Crippen LogP contribution in [0.5, 0.6) is 5.75 Å². The number of hydrogen-bond donors (Lipinski definition) is 1. The van der Waals surface area contributed by atoms with Crippen LogP contribution in [-0.4, -0.2) is 12.5 Å². The second-order valence-corrected chi connectivity index (χ2v) is 11.7. The number of ether oxygens (including phenoxy) is 1. The van der Waals surface area contributed by atoms with E-state index in [4.69, 9.17) is 4.74 Å². The van der Waals surface area contributed by atoms with Gasteiger partial charge in [-0.1, -0.05) is 107 Å². The monoisotopic (exact) mass is 632 g/mol. The molecule has 1 heterocycles. The molecule has 0 fully saturated rings. The number of amides is 1. The lowest BCUT2D eigenvalue weighted by Gasteiger charge is -2.10. The summed E-state index contributed by atoms with van der Waals surface area (Å²) in [5.41, 5.74) is 4.56. The maximum atomic E-state index is 14.6. The van der Waals surface area contributed by atoms with Crippen LogP contribution in [0.25, 0.3) is 0 Å². The number of nitrogens with zero attached hydrogens (tertiary/aromatic N) is 1. The number of halogens is 2. The number of carbonyl (C=O) groups excluding carboxylic acids is 1. The van der Waals surface area contributed by atoms with Crippen molar-refractivity contribution in [2.45, 2.75) is 104 Å². The zero-order valence-electron chi connectivity index (χ0n) is 24.2. The molecule has 3 aromatic rings. The van der Waals surface area contributed by atoms with Gasteiger partial charge in [0.2, 0.25) is 11.4 Å². The molecule has 1 amide bonds. The second-order valence-electron chi connectivity index (χ2n) is 10.6. The Bertz CT molecular complexity index is 1140. The smallest absolute Gasteiger partial charge is 0.228 e. The van der Waals surface area contributed by atoms with Gasteiger partial charge in [0.1, 0.15) is 0 Å². The number of thiazole rings is 1. The molecule has 0 radical (unpaired) electrons. The van der Waals surface area contributed by atoms with Crippen LogP contribution >= 0.6 is 11.3 Å². The number of carbonyl (C=O) groups is 1. The van der Waals surface area contributed by atoms with Crippen molar-refractivity contribution >= 4 is 22.9 Å². The summed E-state index contributed by atoms with van der Waals surface area (Å²) in [5.74, 6) is -0.323. The van der Waals surface area contributed by atoms with Crippen LogP contribution in [-0.2, 0) is 17.8 Å². The molecule has 2 aromatic carbocycles. The Hall–Kier alpha value is -2.25. The summed E-state index contributed by atoms with van der Waals surface area (Å²) >= 11 is 1.71. The number of anilines is 1. The summed E-state index contributed by atoms with van der Waals surface area (Å²) in [6.07, 6.45) is 17.6. The van der Waals surface area contributed by atoms with Gasteiger partial charge in [0, 0.05) is 11.3 Å². The molecular formula is C33H46BrFN2O2S. The lowest BCUT2D eigenvalue weighted by molar-refractivity contribution is -0.683. The minimum absolute atomic E-state index is 0. The van der Waals surface area contributed by atoms with Crippen LogP contribution in [0.1, 0.15) is 100.0 Å². The molecule has 0 aliphatic carbocycles. The zero-order chi connectivity index (χ0) is 27.7. The van der Waals surface area contributed by atoms with E-state index in [0.717, 1.165) is 30.6 Å². The largest absolute Gasteiger partial charge is 1.00 e. The molecular weight excluding hydrogens is 587 g/mol. The maximum absolute atomic E-state index is 14.6. The van der Waals surface area contributed by atoms with Gasteiger partial charge in [-0.3, -0.25) is 4.79 Å². The summed E-state index contributed by atoms with van der Waals surface area (Å²) in [5, 5.41) is 2.94. The highest BCUT2D eigenvalue weighted by molar-refractivity contribution is 7.09. The van der Waals surface area contributed by atoms with Crippen molar-refractivity contribution < 1.29 is 35.5 Å². The molecule has 0 aliphatic heterocycles. The Morgan fingerprint density at radius 3 is 2.20 bits per heavy atom. The van der Waals surface area contributed by atoms with Crippen LogP contribution in [0, 0.1) is 12.7 Å². The maximum Gasteiger partial charge on any atom is 0.228 e. The van der Waals surface area contributed by atoms with E-state index in [2.05, 4.69) is 35.4 Å². The highest BCUT2D eigenvalue weighted by atomic mass is 79.9. The van der Waals surface area contributed by atoms with E-state index < -0.39 is 5.82 Å². The number of benzene rings is 2. The summed E-state index contributed by atoms with van der Waals surface area (Å²) in [6.45, 7) is 5.61. The molecule has 4 nitrogen and oxygen atoms in total. The normalized spacial score (nSPS) is 10.8. The van der Waals surface area contributed by atoms with Gasteiger partial charge < -0.3 is 27.0 Å². The number of aryl methyl sites for hydroxylation is 1. The lowest BCUT2D eigenvalue weighted by Crippen LogP contribution is -3.00. The molecule has 1 N–H and O–H groups in total. The fourth-order valence-electron chi connectivity index (χ4n) is 4.77. The summed E-state index contributed by atoms with van der Waals surface area (Å²) in [4.78, 5) is 13.8. The van der Waals surface area contributed by atoms with Gasteiger partial charge in [-0.2, -0.15) is 4.57 Å². The van der Waals surface area contributed by atoms with Crippen molar-refractivity contribution in [2.75, 3.05) is 11.9 Å². The van der Waals surface area contributed by atoms with Crippen molar-refractivity contribution in [3.63, 3.8) is 0 Å². The number of aromatic nitrogens is 1. The topological polar surface area (TPSA) is 42.2 Å². The number of rotatable bonds is 19. The Kier molecular flexibility index (Phi) is 16.8. The van der Waals surface area contributed by atoms with Crippen molar-refractivity contribution in [1.29, 1.82) is 0 Å². The molecule has 0 aliphatic rings. The first-order valence-electron chi connectivity index (χ1n) is 14.8. The van der Waals surface area contributed by atoms with Gasteiger partial charge in [0.15, 0.2) is 24.3 Å². The minimum Gasteiger partial charge on any atom is -1.00 e. The van der Waals surface area contributed by atoms with E-state index in [1.54, 1.807) is 23.5 Å². The third kappa shape index (κ3) is 13.4. The fourth-order valence-corrected chi connectivity index (χ4v) is 5.41. The van der Waals surface area contributed by atoms with Crippen molar-refractivity contribution in [2.24, 2.45) is 0 Å². The molecule has 220 valence electrons. The van der Waals surface area contributed by atoms with Crippen molar-refractivity contribution in [3.8, 4) is 5.75 Å². The molecule has 0 unspecified atom stereocenters. The van der Waals surface area contributed by atoms with Crippen LogP contribution in [0.4, 0.5) is 10.1 Å². The third-order valence-corrected chi connectivity index (χ3v) is 7.77. The van der Waals surface area contributed by atoms with Gasteiger partial charge in [0.25, 0.3) is 0 Å². The van der Waals surface area contributed by atoms with E-state index in [1.807, 2.05) is 24.3 Å². The third-order valence-electron chi connectivity index (χ3n) is 6.91. The highest BCUT2D eigenvalue weighted by Gasteiger charge is 2.11. The first-order chi connectivity index (χ1) is 19.0. The van der Waals surface area contributed by atoms with E-state index in [1.165, 1.54) is 75.2 Å². The number of hydrogen-bond acceptors (Lipinski definition) is 3. The Morgan fingerprint density at radius 1 is 0.900 bits per heavy atom. The molecule has 3 rings (SSSR count). The summed E-state index contributed by atoms with van der Waals surface area (Å²) < 4.78 is 22.4. The van der Waals surface area contributed by atoms with Crippen molar-refractivity contribution in [3.05, 3.63) is 76.0 Å². The molecule has 1 aromatic heterocycles. The van der Waals surface area contributed by atoms with Crippen LogP contribution in [0.15, 0.2) is 54.2 Å². The molecule has 0 spiro atoms. The van der Waals surface area contributed by atoms with Crippen LogP contribution < -0.4 is 31.6 Å². The van der Waals surface area contributed by atoms with Gasteiger partial charge in [-0.15, -0.1) is 0 Å². The highest BCUT2D eigenvalue weighted by Crippen LogP contribution is 2.20. The molecule has 40 heavy (non-hydrogen) atoms. The van der Waals surface area contributed by atoms with Gasteiger partial charge >= 0.3 is 0 Å². The predicted octanol–water partition coefficient (Wildman–Crippen LogP) is 5.80. The SMILES string of the molecule is CCCCCCCCCCCCCCOc1ccc(CC(=O)Nc2cccc(C[n+]3csc(C)c3)c2)cc1F.[Br-].